The number of carbonyl (C=O) groups excluding carboxylic acids is 4. The van der Waals surface area contributed by atoms with Crippen LogP contribution in [0, 0.1) is 0 Å². The summed E-state index contributed by atoms with van der Waals surface area (Å²) in [5.41, 5.74) is 7.64. The van der Waals surface area contributed by atoms with Gasteiger partial charge in [-0.3, -0.25) is 14.5 Å². The third-order valence-corrected chi connectivity index (χ3v) is 6.77. The van der Waals surface area contributed by atoms with E-state index < -0.39 is 41.9 Å². The number of benzene rings is 3. The Bertz CT molecular complexity index is 1550. The number of hydrogen-bond acceptors (Lipinski definition) is 8. The number of nitrogens with two attached hydrogens (primary N) is 1. The SMILES string of the molecule is COC(=O)[C@H](C)N(C(=O)[C@H](C)N)c1ccc2ccccc2c1C(=O)[C@H](Cc1cnc[nH]1)NC(=O)OCc1ccccc1. The maximum atomic E-state index is 14.5. The average molecular weight is 572 g/mol. The molecule has 0 aliphatic heterocycles. The highest BCUT2D eigenvalue weighted by molar-refractivity contribution is 6.18. The monoisotopic (exact) mass is 571 g/mol. The molecule has 0 spiro atoms. The van der Waals surface area contributed by atoms with Crippen LogP contribution in [0.2, 0.25) is 0 Å². The highest BCUT2D eigenvalue weighted by atomic mass is 16.5. The maximum absolute atomic E-state index is 14.5. The first kappa shape index (κ1) is 29.9. The number of amides is 2. The second-order valence-electron chi connectivity index (χ2n) is 9.78. The van der Waals surface area contributed by atoms with Crippen molar-refractivity contribution in [2.45, 2.75) is 45.0 Å². The van der Waals surface area contributed by atoms with Gasteiger partial charge in [-0.05, 0) is 36.2 Å². The second-order valence-corrected chi connectivity index (χ2v) is 9.78. The predicted octanol–water partition coefficient (Wildman–Crippen LogP) is 3.53. The number of nitrogens with one attached hydrogen (secondary N) is 2. The summed E-state index contributed by atoms with van der Waals surface area (Å²) in [4.78, 5) is 61.7. The molecule has 4 rings (SSSR count). The van der Waals surface area contributed by atoms with E-state index in [4.69, 9.17) is 15.2 Å². The quantitative estimate of drug-likeness (QED) is 0.182. The Morgan fingerprint density at radius 2 is 1.71 bits per heavy atom. The van der Waals surface area contributed by atoms with Gasteiger partial charge in [0.1, 0.15) is 18.7 Å². The summed E-state index contributed by atoms with van der Waals surface area (Å²) < 4.78 is 10.3. The van der Waals surface area contributed by atoms with Crippen molar-refractivity contribution in [2.24, 2.45) is 5.73 Å². The van der Waals surface area contributed by atoms with E-state index in [1.54, 1.807) is 30.5 Å². The number of methoxy groups -OCH3 is 1. The number of Topliss-reactive ketones (excluding diaryl/α,β-unsaturated/α-hetero) is 1. The molecular formula is C31H33N5O6. The number of esters is 1. The first-order valence-electron chi connectivity index (χ1n) is 13.4. The molecule has 0 fully saturated rings. The van der Waals surface area contributed by atoms with Crippen LogP contribution in [0.4, 0.5) is 10.5 Å². The Balaban J connectivity index is 1.79. The molecule has 0 saturated heterocycles. The van der Waals surface area contributed by atoms with Crippen molar-refractivity contribution in [1.29, 1.82) is 0 Å². The summed E-state index contributed by atoms with van der Waals surface area (Å²) in [6.07, 6.45) is 2.27. The highest BCUT2D eigenvalue weighted by Crippen LogP contribution is 2.33. The number of nitrogens with zero attached hydrogens (tertiary/aromatic N) is 2. The summed E-state index contributed by atoms with van der Waals surface area (Å²) in [5, 5.41) is 3.93. The summed E-state index contributed by atoms with van der Waals surface area (Å²) in [7, 11) is 1.21. The van der Waals surface area contributed by atoms with Gasteiger partial charge in [-0.2, -0.15) is 0 Å². The number of ketones is 1. The van der Waals surface area contributed by atoms with E-state index in [9.17, 15) is 19.2 Å². The van der Waals surface area contributed by atoms with E-state index in [2.05, 4.69) is 15.3 Å². The fourth-order valence-corrected chi connectivity index (χ4v) is 4.64. The van der Waals surface area contributed by atoms with Gasteiger partial charge >= 0.3 is 12.1 Å². The van der Waals surface area contributed by atoms with E-state index in [-0.39, 0.29) is 24.3 Å². The maximum Gasteiger partial charge on any atom is 0.408 e. The first-order valence-corrected chi connectivity index (χ1v) is 13.4. The van der Waals surface area contributed by atoms with E-state index in [1.165, 1.54) is 32.2 Å². The lowest BCUT2D eigenvalue weighted by atomic mass is 9.92. The molecule has 0 radical (unpaired) electrons. The molecule has 218 valence electrons. The molecule has 0 aliphatic rings. The van der Waals surface area contributed by atoms with E-state index in [0.717, 1.165) is 10.9 Å². The Morgan fingerprint density at radius 1 is 1.00 bits per heavy atom. The van der Waals surface area contributed by atoms with Gasteiger partial charge in [0.2, 0.25) is 5.91 Å². The topological polar surface area (TPSA) is 157 Å². The minimum atomic E-state index is -1.13. The zero-order chi connectivity index (χ0) is 30.2. The first-order chi connectivity index (χ1) is 20.2. The van der Waals surface area contributed by atoms with E-state index >= 15 is 0 Å². The van der Waals surface area contributed by atoms with Gasteiger partial charge in [0, 0.05) is 18.3 Å². The van der Waals surface area contributed by atoms with Crippen molar-refractivity contribution in [3.63, 3.8) is 0 Å². The largest absolute Gasteiger partial charge is 0.467 e. The lowest BCUT2D eigenvalue weighted by Gasteiger charge is -2.31. The normalized spacial score (nSPS) is 13.0. The van der Waals surface area contributed by atoms with Crippen LogP contribution >= 0.6 is 0 Å². The second kappa shape index (κ2) is 13.6. The van der Waals surface area contributed by atoms with Crippen molar-refractivity contribution in [2.75, 3.05) is 12.0 Å². The molecule has 0 aliphatic carbocycles. The molecular weight excluding hydrogens is 538 g/mol. The van der Waals surface area contributed by atoms with Gasteiger partial charge in [-0.1, -0.05) is 60.7 Å². The molecule has 1 heterocycles. The number of rotatable bonds is 11. The number of anilines is 1. The number of imidazole rings is 1. The highest BCUT2D eigenvalue weighted by Gasteiger charge is 2.35. The standard InChI is InChI=1S/C31H33N5O6/c1-19(32)29(38)36(20(2)30(39)41-3)26-14-13-22-11-7-8-12-24(22)27(26)28(37)25(15-23-16-33-18-34-23)35-31(40)42-17-21-9-5-4-6-10-21/h4-14,16,18-20,25H,15,17,32H2,1-3H3,(H,33,34)(H,35,40)/t19-,20-,25-/m0/s1. The molecule has 4 aromatic rings. The Morgan fingerprint density at radius 3 is 2.38 bits per heavy atom. The van der Waals surface area contributed by atoms with Crippen LogP contribution in [0.3, 0.4) is 0 Å². The third-order valence-electron chi connectivity index (χ3n) is 6.77. The summed E-state index contributed by atoms with van der Waals surface area (Å²) in [6, 6.07) is 16.4. The molecule has 42 heavy (non-hydrogen) atoms. The molecule has 0 saturated carbocycles. The van der Waals surface area contributed by atoms with E-state index in [0.29, 0.717) is 11.1 Å². The number of fused-ring (bicyclic) bond motifs is 1. The molecule has 0 bridgehead atoms. The minimum absolute atomic E-state index is 0.00444. The number of carbonyl (C=O) groups is 4. The van der Waals surface area contributed by atoms with Crippen LogP contribution in [0.5, 0.6) is 0 Å². The number of alkyl carbamates (subject to hydrolysis) is 1. The fourth-order valence-electron chi connectivity index (χ4n) is 4.64. The van der Waals surface area contributed by atoms with Crippen molar-refractivity contribution in [1.82, 2.24) is 15.3 Å². The van der Waals surface area contributed by atoms with Gasteiger partial charge in [0.15, 0.2) is 5.78 Å². The lowest BCUT2D eigenvalue weighted by Crippen LogP contribution is -2.51. The summed E-state index contributed by atoms with van der Waals surface area (Å²) >= 11 is 0. The van der Waals surface area contributed by atoms with Crippen LogP contribution in [-0.4, -0.2) is 59.0 Å². The molecule has 1 aromatic heterocycles. The van der Waals surface area contributed by atoms with Crippen LogP contribution in [-0.2, 0) is 32.1 Å². The molecule has 3 atom stereocenters. The number of aromatic amines is 1. The summed E-state index contributed by atoms with van der Waals surface area (Å²) in [6.45, 7) is 2.99. The number of ether oxygens (including phenoxy) is 2. The fraction of sp³-hybridized carbons (Fsp3) is 0.258. The van der Waals surface area contributed by atoms with Crippen molar-refractivity contribution >= 4 is 40.2 Å². The van der Waals surface area contributed by atoms with Gasteiger partial charge < -0.3 is 25.5 Å². The van der Waals surface area contributed by atoms with Crippen LogP contribution in [0.15, 0.2) is 79.3 Å². The Hall–Kier alpha value is -5.03. The Kier molecular flexibility index (Phi) is 9.66. The van der Waals surface area contributed by atoms with Crippen LogP contribution < -0.4 is 16.0 Å². The molecule has 0 unspecified atom stereocenters. The predicted molar refractivity (Wildman–Crippen MR) is 157 cm³/mol. The number of H-pyrrole nitrogens is 1. The molecule has 11 heteroatoms. The third kappa shape index (κ3) is 6.81. The zero-order valence-corrected chi connectivity index (χ0v) is 23.6. The van der Waals surface area contributed by atoms with Gasteiger partial charge in [-0.25, -0.2) is 14.6 Å². The molecule has 4 N–H and O–H groups in total. The average Bonchev–Trinajstić information content (AvgIpc) is 3.52. The van der Waals surface area contributed by atoms with E-state index in [1.807, 2.05) is 42.5 Å². The van der Waals surface area contributed by atoms with Crippen molar-refractivity contribution in [3.05, 3.63) is 96.1 Å². The van der Waals surface area contributed by atoms with Crippen LogP contribution in [0.25, 0.3) is 10.8 Å². The number of aromatic nitrogens is 2. The molecule has 11 nitrogen and oxygen atoms in total. The zero-order valence-electron chi connectivity index (χ0n) is 23.6. The number of hydrogen-bond donors (Lipinski definition) is 3. The smallest absolute Gasteiger partial charge is 0.408 e. The van der Waals surface area contributed by atoms with Gasteiger partial charge in [-0.15, -0.1) is 0 Å². The summed E-state index contributed by atoms with van der Waals surface area (Å²) in [5.74, 6) is -1.78. The van der Waals surface area contributed by atoms with Crippen LogP contribution in [0.1, 0.15) is 35.5 Å². The van der Waals surface area contributed by atoms with Gasteiger partial charge in [0.05, 0.1) is 30.7 Å². The minimum Gasteiger partial charge on any atom is -0.467 e. The van der Waals surface area contributed by atoms with Gasteiger partial charge in [0.25, 0.3) is 0 Å². The van der Waals surface area contributed by atoms with Crippen molar-refractivity contribution in [3.8, 4) is 0 Å². The molecule has 3 aromatic carbocycles. The lowest BCUT2D eigenvalue weighted by molar-refractivity contribution is -0.143. The van der Waals surface area contributed by atoms with Crippen molar-refractivity contribution < 1.29 is 28.7 Å². The Labute approximate surface area is 243 Å². The molecule has 2 amide bonds.